The fourth-order valence-corrected chi connectivity index (χ4v) is 3.73. The Kier molecular flexibility index (Phi) is 6.78. The number of hydrogen-bond acceptors (Lipinski definition) is 6. The van der Waals surface area contributed by atoms with Gasteiger partial charge in [-0.15, -0.1) is 11.3 Å². The second-order valence-corrected chi connectivity index (χ2v) is 8.31. The van der Waals surface area contributed by atoms with Gasteiger partial charge in [-0.25, -0.2) is 4.98 Å². The summed E-state index contributed by atoms with van der Waals surface area (Å²) in [5.41, 5.74) is 0.916. The number of para-hydroxylation sites is 1. The molecule has 1 aliphatic carbocycles. The summed E-state index contributed by atoms with van der Waals surface area (Å²) in [7, 11) is 3.20. The molecule has 1 heterocycles. The molecule has 1 aliphatic rings. The topological polar surface area (TPSA) is 60.9 Å². The highest BCUT2D eigenvalue weighted by Gasteiger charge is 2.33. The molecule has 0 N–H and O–H groups in total. The molecule has 1 fully saturated rings. The van der Waals surface area contributed by atoms with Gasteiger partial charge in [-0.3, -0.25) is 4.79 Å². The third-order valence-corrected chi connectivity index (χ3v) is 5.42. The van der Waals surface area contributed by atoms with E-state index in [1.54, 1.807) is 14.2 Å². The molecule has 0 aliphatic heterocycles. The van der Waals surface area contributed by atoms with Gasteiger partial charge in [0.1, 0.15) is 11.6 Å². The Bertz CT molecular complexity index is 779. The quantitative estimate of drug-likeness (QED) is 0.592. The monoisotopic (exact) mass is 404 g/mol. The molecule has 0 bridgehead atoms. The van der Waals surface area contributed by atoms with Crippen LogP contribution in [0.1, 0.15) is 43.8 Å². The predicted molar refractivity (Wildman–Crippen MR) is 109 cm³/mol. The van der Waals surface area contributed by atoms with Gasteiger partial charge in [0.05, 0.1) is 26.5 Å². The lowest BCUT2D eigenvalue weighted by Crippen LogP contribution is -2.33. The van der Waals surface area contributed by atoms with Crippen molar-refractivity contribution in [3.63, 3.8) is 0 Å². The molecular formula is C21H28N2O4S. The number of methoxy groups -OCH3 is 2. The maximum Gasteiger partial charge on any atom is 0.223 e. The Hall–Kier alpha value is -2.28. The molecule has 0 radical (unpaired) electrons. The van der Waals surface area contributed by atoms with Crippen LogP contribution in [0.4, 0.5) is 0 Å². The highest BCUT2D eigenvalue weighted by atomic mass is 32.1. The van der Waals surface area contributed by atoms with Gasteiger partial charge in [0.25, 0.3) is 0 Å². The first kappa shape index (κ1) is 20.5. The number of carbonyl (C=O) groups excluding carboxylic acids is 1. The Morgan fingerprint density at radius 2 is 1.93 bits per heavy atom. The minimum absolute atomic E-state index is 0.224. The summed E-state index contributed by atoms with van der Waals surface area (Å²) in [4.78, 5) is 19.2. The molecule has 1 saturated carbocycles. The lowest BCUT2D eigenvalue weighted by atomic mass is 10.1. The van der Waals surface area contributed by atoms with E-state index in [1.165, 1.54) is 11.3 Å². The van der Waals surface area contributed by atoms with Crippen LogP contribution in [0.25, 0.3) is 0 Å². The molecule has 0 unspecified atom stereocenters. The second kappa shape index (κ2) is 9.28. The number of hydrogen-bond donors (Lipinski definition) is 0. The van der Waals surface area contributed by atoms with Crippen molar-refractivity contribution in [1.29, 1.82) is 0 Å². The van der Waals surface area contributed by atoms with Crippen molar-refractivity contribution in [3.8, 4) is 17.2 Å². The fourth-order valence-electron chi connectivity index (χ4n) is 3.03. The van der Waals surface area contributed by atoms with E-state index < -0.39 is 0 Å². The smallest absolute Gasteiger partial charge is 0.223 e. The first-order valence-electron chi connectivity index (χ1n) is 9.58. The number of ether oxygens (including phenoxy) is 3. The number of thiazole rings is 1. The van der Waals surface area contributed by atoms with Crippen LogP contribution in [-0.2, 0) is 17.9 Å². The zero-order chi connectivity index (χ0) is 20.1. The summed E-state index contributed by atoms with van der Waals surface area (Å²) in [5.74, 6) is 2.40. The first-order valence-corrected chi connectivity index (χ1v) is 10.5. The van der Waals surface area contributed by atoms with Crippen LogP contribution in [0.15, 0.2) is 23.6 Å². The number of rotatable bonds is 10. The summed E-state index contributed by atoms with van der Waals surface area (Å²) in [5, 5.41) is 2.87. The van der Waals surface area contributed by atoms with Crippen molar-refractivity contribution in [2.75, 3.05) is 14.2 Å². The summed E-state index contributed by atoms with van der Waals surface area (Å²) in [6.45, 7) is 5.05. The van der Waals surface area contributed by atoms with Gasteiger partial charge in [-0.05, 0) is 30.9 Å². The van der Waals surface area contributed by atoms with Gasteiger partial charge < -0.3 is 19.1 Å². The van der Waals surface area contributed by atoms with Crippen molar-refractivity contribution in [1.82, 2.24) is 9.88 Å². The summed E-state index contributed by atoms with van der Waals surface area (Å²) in [6, 6.07) is 5.90. The number of carbonyl (C=O) groups is 1. The lowest BCUT2D eigenvalue weighted by molar-refractivity contribution is -0.133. The molecule has 1 aromatic carbocycles. The third kappa shape index (κ3) is 5.16. The van der Waals surface area contributed by atoms with Gasteiger partial charge >= 0.3 is 0 Å². The number of nitrogens with zero attached hydrogens (tertiary/aromatic N) is 2. The zero-order valence-corrected chi connectivity index (χ0v) is 17.8. The third-order valence-electron chi connectivity index (χ3n) is 4.55. The molecular weight excluding hydrogens is 376 g/mol. The second-order valence-electron chi connectivity index (χ2n) is 7.36. The van der Waals surface area contributed by atoms with Gasteiger partial charge in [-0.2, -0.15) is 0 Å². The average molecular weight is 405 g/mol. The van der Waals surface area contributed by atoms with Crippen LogP contribution in [0.3, 0.4) is 0 Å². The molecule has 6 nitrogen and oxygen atoms in total. The Morgan fingerprint density at radius 1 is 1.25 bits per heavy atom. The van der Waals surface area contributed by atoms with Gasteiger partial charge in [0, 0.05) is 17.8 Å². The van der Waals surface area contributed by atoms with Gasteiger partial charge in [0.15, 0.2) is 11.5 Å². The maximum absolute atomic E-state index is 12.5. The highest BCUT2D eigenvalue weighted by molar-refractivity contribution is 7.09. The van der Waals surface area contributed by atoms with Crippen molar-refractivity contribution in [3.05, 3.63) is 34.3 Å². The molecule has 28 heavy (non-hydrogen) atoms. The van der Waals surface area contributed by atoms with Gasteiger partial charge in [0.2, 0.25) is 11.7 Å². The van der Waals surface area contributed by atoms with Crippen LogP contribution >= 0.6 is 11.3 Å². The normalized spacial score (nSPS) is 13.5. The van der Waals surface area contributed by atoms with Crippen molar-refractivity contribution >= 4 is 17.2 Å². The average Bonchev–Trinajstić information content (AvgIpc) is 3.42. The predicted octanol–water partition coefficient (Wildman–Crippen LogP) is 4.28. The number of amides is 1. The standard InChI is InChI=1S/C21H28N2O4S/c1-14(2)10-20(24)23(16-8-9-16)11-15-13-28-19(22-15)12-27-21-17(25-3)6-5-7-18(21)26-4/h5-7,13-14,16H,8-12H2,1-4H3. The zero-order valence-electron chi connectivity index (χ0n) is 16.9. The Labute approximate surface area is 170 Å². The van der Waals surface area contributed by atoms with Crippen molar-refractivity contribution in [2.24, 2.45) is 5.92 Å². The Morgan fingerprint density at radius 3 is 2.50 bits per heavy atom. The van der Waals surface area contributed by atoms with E-state index in [2.05, 4.69) is 18.8 Å². The number of aromatic nitrogens is 1. The molecule has 0 atom stereocenters. The van der Waals surface area contributed by atoms with E-state index in [9.17, 15) is 4.79 Å². The lowest BCUT2D eigenvalue weighted by Gasteiger charge is -2.22. The van der Waals surface area contributed by atoms with E-state index in [1.807, 2.05) is 28.5 Å². The maximum atomic E-state index is 12.5. The van der Waals surface area contributed by atoms with Crippen LogP contribution < -0.4 is 14.2 Å². The molecule has 152 valence electrons. The Balaban J connectivity index is 1.64. The summed E-state index contributed by atoms with van der Waals surface area (Å²) in [6.07, 6.45) is 2.78. The summed E-state index contributed by atoms with van der Waals surface area (Å²) < 4.78 is 16.7. The molecule has 0 saturated heterocycles. The van der Waals surface area contributed by atoms with Crippen molar-refractivity contribution in [2.45, 2.75) is 52.3 Å². The minimum atomic E-state index is 0.224. The number of benzene rings is 1. The van der Waals surface area contributed by atoms with E-state index in [-0.39, 0.29) is 5.91 Å². The van der Waals surface area contributed by atoms with E-state index in [0.29, 0.717) is 48.8 Å². The molecule has 1 amide bonds. The van der Waals surface area contributed by atoms with Crippen LogP contribution in [0, 0.1) is 5.92 Å². The van der Waals surface area contributed by atoms with Crippen LogP contribution in [0.5, 0.6) is 17.2 Å². The van der Waals surface area contributed by atoms with Crippen molar-refractivity contribution < 1.29 is 19.0 Å². The molecule has 2 aromatic rings. The first-order chi connectivity index (χ1) is 13.5. The van der Waals surface area contributed by atoms with Crippen LogP contribution in [0.2, 0.25) is 0 Å². The fraction of sp³-hybridized carbons (Fsp3) is 0.524. The highest BCUT2D eigenvalue weighted by Crippen LogP contribution is 2.37. The van der Waals surface area contributed by atoms with Crippen LogP contribution in [-0.4, -0.2) is 36.1 Å². The van der Waals surface area contributed by atoms with E-state index >= 15 is 0 Å². The van der Waals surface area contributed by atoms with E-state index in [0.717, 1.165) is 23.5 Å². The largest absolute Gasteiger partial charge is 0.493 e. The molecule has 7 heteroatoms. The molecule has 0 spiro atoms. The minimum Gasteiger partial charge on any atom is -0.493 e. The summed E-state index contributed by atoms with van der Waals surface area (Å²) >= 11 is 1.54. The van der Waals surface area contributed by atoms with Gasteiger partial charge in [-0.1, -0.05) is 19.9 Å². The SMILES string of the molecule is COc1cccc(OC)c1OCc1nc(CN(C(=O)CC(C)C)C2CC2)cs1. The molecule has 3 rings (SSSR count). The molecule has 1 aromatic heterocycles. The van der Waals surface area contributed by atoms with E-state index in [4.69, 9.17) is 14.2 Å².